The molecule has 0 amide bonds. The molecule has 0 aliphatic carbocycles. The van der Waals surface area contributed by atoms with Crippen molar-refractivity contribution in [2.45, 2.75) is 65.2 Å². The van der Waals surface area contributed by atoms with Gasteiger partial charge in [0.1, 0.15) is 13.2 Å². The summed E-state index contributed by atoms with van der Waals surface area (Å²) in [5.41, 5.74) is 0. The Labute approximate surface area is 253 Å². The minimum Gasteiger partial charge on any atom is -0.463 e. The molecule has 0 rings (SSSR count). The molecule has 42 heavy (non-hydrogen) atoms. The zero-order chi connectivity index (χ0) is 30.6. The van der Waals surface area contributed by atoms with E-state index in [0.29, 0.717) is 119 Å². The van der Waals surface area contributed by atoms with E-state index >= 15 is 0 Å². The highest BCUT2D eigenvalue weighted by Crippen LogP contribution is 2.01. The molecule has 0 aromatic heterocycles. The molecule has 0 saturated heterocycles. The maximum absolute atomic E-state index is 11.4. The van der Waals surface area contributed by atoms with Crippen LogP contribution in [0.15, 0.2) is 0 Å². The molecule has 0 aliphatic heterocycles. The summed E-state index contributed by atoms with van der Waals surface area (Å²) in [6.45, 7) is 12.2. The van der Waals surface area contributed by atoms with Crippen LogP contribution >= 0.6 is 0 Å². The largest absolute Gasteiger partial charge is 0.463 e. The summed E-state index contributed by atoms with van der Waals surface area (Å²) >= 11 is 0. The highest BCUT2D eigenvalue weighted by atomic mass is 16.6. The van der Waals surface area contributed by atoms with Gasteiger partial charge in [0, 0.05) is 12.8 Å². The van der Waals surface area contributed by atoms with Gasteiger partial charge < -0.3 is 47.4 Å². The van der Waals surface area contributed by atoms with Crippen LogP contribution in [0.4, 0.5) is 0 Å². The Hall–Kier alpha value is -1.38. The van der Waals surface area contributed by atoms with Gasteiger partial charge in [-0.25, -0.2) is 0 Å². The van der Waals surface area contributed by atoms with E-state index in [2.05, 4.69) is 13.8 Å². The average molecular weight is 611 g/mol. The Bertz CT molecular complexity index is 516. The van der Waals surface area contributed by atoms with Crippen LogP contribution in [-0.4, -0.2) is 131 Å². The van der Waals surface area contributed by atoms with E-state index < -0.39 is 0 Å². The van der Waals surface area contributed by atoms with E-state index in [9.17, 15) is 9.59 Å². The lowest BCUT2D eigenvalue weighted by Crippen LogP contribution is -2.15. The van der Waals surface area contributed by atoms with E-state index in [1.54, 1.807) is 0 Å². The summed E-state index contributed by atoms with van der Waals surface area (Å²) < 4.78 is 53.6. The van der Waals surface area contributed by atoms with Crippen LogP contribution in [-0.2, 0) is 57.0 Å². The van der Waals surface area contributed by atoms with Crippen LogP contribution in [0.2, 0.25) is 0 Å². The Morgan fingerprint density at radius 2 is 0.548 bits per heavy atom. The van der Waals surface area contributed by atoms with Crippen LogP contribution < -0.4 is 0 Å². The maximum atomic E-state index is 11.4. The molecule has 0 unspecified atom stereocenters. The second-order valence-electron chi connectivity index (χ2n) is 9.25. The van der Waals surface area contributed by atoms with Gasteiger partial charge in [0.15, 0.2) is 0 Å². The fraction of sp³-hybridized carbons (Fsp3) is 0.933. The van der Waals surface area contributed by atoms with E-state index in [-0.39, 0.29) is 25.2 Å². The number of carbonyl (C=O) groups excluding carboxylic acids is 2. The highest BCUT2D eigenvalue weighted by Gasteiger charge is 2.03. The quantitative estimate of drug-likeness (QED) is 0.0771. The molecule has 250 valence electrons. The smallest absolute Gasteiger partial charge is 0.305 e. The molecule has 0 fully saturated rings. The topological polar surface area (TPSA) is 126 Å². The van der Waals surface area contributed by atoms with Crippen molar-refractivity contribution in [2.24, 2.45) is 0 Å². The van der Waals surface area contributed by atoms with E-state index in [1.165, 1.54) is 0 Å². The molecule has 0 bridgehead atoms. The predicted molar refractivity (Wildman–Crippen MR) is 157 cm³/mol. The third-order valence-corrected chi connectivity index (χ3v) is 5.55. The van der Waals surface area contributed by atoms with Gasteiger partial charge in [-0.1, -0.05) is 39.5 Å². The van der Waals surface area contributed by atoms with Crippen molar-refractivity contribution in [3.8, 4) is 0 Å². The Balaban J connectivity index is 3.11. The molecular formula is C30H58O12. The number of carbonyl (C=O) groups is 2. The van der Waals surface area contributed by atoms with Gasteiger partial charge in [0.05, 0.1) is 106 Å². The van der Waals surface area contributed by atoms with Crippen molar-refractivity contribution in [3.63, 3.8) is 0 Å². The van der Waals surface area contributed by atoms with Gasteiger partial charge in [0.2, 0.25) is 0 Å². The van der Waals surface area contributed by atoms with Crippen molar-refractivity contribution in [3.05, 3.63) is 0 Å². The highest BCUT2D eigenvalue weighted by molar-refractivity contribution is 5.69. The first kappa shape index (κ1) is 40.6. The van der Waals surface area contributed by atoms with Crippen molar-refractivity contribution >= 4 is 11.9 Å². The molecule has 0 spiro atoms. The van der Waals surface area contributed by atoms with Crippen LogP contribution in [0.3, 0.4) is 0 Å². The molecule has 12 nitrogen and oxygen atoms in total. The molecule has 0 aliphatic rings. The zero-order valence-electron chi connectivity index (χ0n) is 26.3. The molecule has 0 atom stereocenters. The molecule has 0 heterocycles. The van der Waals surface area contributed by atoms with Crippen LogP contribution in [0.5, 0.6) is 0 Å². The average Bonchev–Trinajstić information content (AvgIpc) is 2.98. The van der Waals surface area contributed by atoms with Crippen molar-refractivity contribution in [1.29, 1.82) is 0 Å². The van der Waals surface area contributed by atoms with E-state index in [1.807, 2.05) is 0 Å². The first-order chi connectivity index (χ1) is 20.7. The van der Waals surface area contributed by atoms with Gasteiger partial charge in [-0.15, -0.1) is 0 Å². The number of unbranched alkanes of at least 4 members (excludes halogenated alkanes) is 4. The number of rotatable bonds is 35. The van der Waals surface area contributed by atoms with Crippen molar-refractivity contribution in [2.75, 3.05) is 119 Å². The molecular weight excluding hydrogens is 552 g/mol. The monoisotopic (exact) mass is 610 g/mol. The summed E-state index contributed by atoms with van der Waals surface area (Å²) in [5, 5.41) is 0. The predicted octanol–water partition coefficient (Wildman–Crippen LogP) is 3.37. The van der Waals surface area contributed by atoms with Crippen molar-refractivity contribution < 1.29 is 57.0 Å². The van der Waals surface area contributed by atoms with E-state index in [4.69, 9.17) is 47.4 Å². The number of esters is 2. The Kier molecular flexibility index (Phi) is 34.6. The number of hydrogen-bond donors (Lipinski definition) is 0. The van der Waals surface area contributed by atoms with Crippen molar-refractivity contribution in [1.82, 2.24) is 0 Å². The third-order valence-electron chi connectivity index (χ3n) is 5.55. The summed E-state index contributed by atoms with van der Waals surface area (Å²) in [5.74, 6) is -0.322. The standard InChI is InChI=1S/C30H58O12/c1-3-5-7-9-29(31)41-27-25-39-23-21-37-19-17-35-15-13-33-11-12-34-14-16-36-18-20-38-22-24-40-26-28-42-30(32)10-8-6-4-2/h3-28H2,1-2H3. The van der Waals surface area contributed by atoms with Gasteiger partial charge in [0.25, 0.3) is 0 Å². The van der Waals surface area contributed by atoms with Crippen LogP contribution in [0, 0.1) is 0 Å². The minimum atomic E-state index is -0.161. The second-order valence-corrected chi connectivity index (χ2v) is 9.25. The van der Waals surface area contributed by atoms with Gasteiger partial charge in [-0.3, -0.25) is 9.59 Å². The Morgan fingerprint density at radius 1 is 0.333 bits per heavy atom. The lowest BCUT2D eigenvalue weighted by Gasteiger charge is -2.09. The summed E-state index contributed by atoms with van der Waals surface area (Å²) in [6.07, 6.45) is 6.98. The fourth-order valence-corrected chi connectivity index (χ4v) is 3.25. The molecule has 0 radical (unpaired) electrons. The third kappa shape index (κ3) is 34.8. The maximum Gasteiger partial charge on any atom is 0.305 e. The lowest BCUT2D eigenvalue weighted by atomic mass is 10.2. The molecule has 0 N–H and O–H groups in total. The number of ether oxygens (including phenoxy) is 10. The molecule has 0 aromatic rings. The second kappa shape index (κ2) is 35.8. The summed E-state index contributed by atoms with van der Waals surface area (Å²) in [7, 11) is 0. The molecule has 12 heteroatoms. The van der Waals surface area contributed by atoms with Gasteiger partial charge in [-0.05, 0) is 12.8 Å². The normalized spacial score (nSPS) is 11.2. The van der Waals surface area contributed by atoms with Crippen LogP contribution in [0.1, 0.15) is 65.2 Å². The summed E-state index contributed by atoms with van der Waals surface area (Å²) in [6, 6.07) is 0. The summed E-state index contributed by atoms with van der Waals surface area (Å²) in [4.78, 5) is 22.9. The fourth-order valence-electron chi connectivity index (χ4n) is 3.25. The van der Waals surface area contributed by atoms with E-state index in [0.717, 1.165) is 38.5 Å². The minimum absolute atomic E-state index is 0.161. The lowest BCUT2D eigenvalue weighted by molar-refractivity contribution is -0.146. The Morgan fingerprint density at radius 3 is 0.762 bits per heavy atom. The number of hydrogen-bond acceptors (Lipinski definition) is 12. The molecule has 0 saturated carbocycles. The van der Waals surface area contributed by atoms with Crippen LogP contribution in [0.25, 0.3) is 0 Å². The van der Waals surface area contributed by atoms with Gasteiger partial charge in [-0.2, -0.15) is 0 Å². The first-order valence-electron chi connectivity index (χ1n) is 15.6. The van der Waals surface area contributed by atoms with Gasteiger partial charge >= 0.3 is 11.9 Å². The first-order valence-corrected chi connectivity index (χ1v) is 15.6. The SMILES string of the molecule is CCCCCC(=O)OCCOCCOCCOCCOCCOCCOCCOCCOCCOC(=O)CCCCC. The molecule has 0 aromatic carbocycles. The zero-order valence-corrected chi connectivity index (χ0v) is 26.3.